The minimum absolute atomic E-state index is 0.0114. The van der Waals surface area contributed by atoms with Crippen molar-refractivity contribution < 1.29 is 4.79 Å². The summed E-state index contributed by atoms with van der Waals surface area (Å²) in [7, 11) is 0. The van der Waals surface area contributed by atoms with E-state index in [0.29, 0.717) is 5.56 Å². The first kappa shape index (κ1) is 18.6. The highest BCUT2D eigenvalue weighted by molar-refractivity contribution is 6.04. The third kappa shape index (κ3) is 4.73. The lowest BCUT2D eigenvalue weighted by atomic mass is 9.86. The van der Waals surface area contributed by atoms with Gasteiger partial charge >= 0.3 is 0 Å². The molecule has 0 aliphatic rings. The van der Waals surface area contributed by atoms with Gasteiger partial charge in [0.25, 0.3) is 5.91 Å². The Balaban J connectivity index is 1.80. The molecular formula is C23H25N3O. The average molecular weight is 359 g/mol. The third-order valence-electron chi connectivity index (χ3n) is 4.32. The van der Waals surface area contributed by atoms with Gasteiger partial charge < -0.3 is 10.6 Å². The van der Waals surface area contributed by atoms with Crippen LogP contribution in [0.2, 0.25) is 0 Å². The molecule has 4 nitrogen and oxygen atoms in total. The Labute approximate surface area is 160 Å². The zero-order valence-electron chi connectivity index (χ0n) is 16.2. The lowest BCUT2D eigenvalue weighted by Crippen LogP contribution is -2.14. The molecular weight excluding hydrogens is 334 g/mol. The van der Waals surface area contributed by atoms with Gasteiger partial charge in [-0.25, -0.2) is 0 Å². The molecule has 138 valence electrons. The number of aryl methyl sites for hydroxylation is 1. The maximum atomic E-state index is 12.6. The Kier molecular flexibility index (Phi) is 5.26. The number of anilines is 3. The summed E-state index contributed by atoms with van der Waals surface area (Å²) < 4.78 is 0. The number of para-hydroxylation sites is 1. The molecule has 4 heteroatoms. The van der Waals surface area contributed by atoms with E-state index in [1.54, 1.807) is 12.4 Å². The summed E-state index contributed by atoms with van der Waals surface area (Å²) in [6.07, 6.45) is 3.30. The number of aromatic nitrogens is 1. The van der Waals surface area contributed by atoms with E-state index in [0.717, 1.165) is 22.6 Å². The maximum Gasteiger partial charge on any atom is 0.257 e. The highest BCUT2D eigenvalue weighted by Gasteiger charge is 2.17. The second kappa shape index (κ2) is 7.62. The molecule has 0 spiro atoms. The van der Waals surface area contributed by atoms with Gasteiger partial charge in [0.2, 0.25) is 0 Å². The SMILES string of the molecule is Cc1ccc(NC(=O)c2cncc(Nc3ccccc3C(C)(C)C)c2)cc1. The van der Waals surface area contributed by atoms with Gasteiger partial charge in [-0.3, -0.25) is 9.78 Å². The van der Waals surface area contributed by atoms with Crippen molar-refractivity contribution in [1.29, 1.82) is 0 Å². The smallest absolute Gasteiger partial charge is 0.257 e. The van der Waals surface area contributed by atoms with E-state index in [-0.39, 0.29) is 11.3 Å². The minimum Gasteiger partial charge on any atom is -0.354 e. The molecule has 0 radical (unpaired) electrons. The van der Waals surface area contributed by atoms with Crippen LogP contribution in [-0.2, 0) is 5.41 Å². The quantitative estimate of drug-likeness (QED) is 0.630. The first-order chi connectivity index (χ1) is 12.8. The first-order valence-corrected chi connectivity index (χ1v) is 9.02. The van der Waals surface area contributed by atoms with E-state index < -0.39 is 0 Å². The summed E-state index contributed by atoms with van der Waals surface area (Å²) in [5, 5.41) is 6.31. The molecule has 0 saturated carbocycles. The normalized spacial score (nSPS) is 11.1. The van der Waals surface area contributed by atoms with E-state index >= 15 is 0 Å². The van der Waals surface area contributed by atoms with Gasteiger partial charge in [0.15, 0.2) is 0 Å². The monoisotopic (exact) mass is 359 g/mol. The van der Waals surface area contributed by atoms with E-state index in [9.17, 15) is 4.79 Å². The molecule has 0 bridgehead atoms. The van der Waals surface area contributed by atoms with Crippen LogP contribution in [0.25, 0.3) is 0 Å². The standard InChI is InChI=1S/C23H25N3O/c1-16-9-11-18(12-10-16)26-22(27)17-13-19(15-24-14-17)25-21-8-6-5-7-20(21)23(2,3)4/h5-15,25H,1-4H3,(H,26,27). The van der Waals surface area contributed by atoms with Crippen molar-refractivity contribution in [2.45, 2.75) is 33.1 Å². The molecule has 2 aromatic carbocycles. The van der Waals surface area contributed by atoms with Crippen LogP contribution >= 0.6 is 0 Å². The van der Waals surface area contributed by atoms with E-state index in [2.05, 4.69) is 42.5 Å². The molecule has 1 heterocycles. The zero-order chi connectivity index (χ0) is 19.4. The lowest BCUT2D eigenvalue weighted by molar-refractivity contribution is 0.102. The molecule has 0 aliphatic heterocycles. The number of hydrogen-bond acceptors (Lipinski definition) is 3. The summed E-state index contributed by atoms with van der Waals surface area (Å²) in [5.41, 5.74) is 5.44. The Morgan fingerprint density at radius 1 is 0.926 bits per heavy atom. The molecule has 1 aromatic heterocycles. The van der Waals surface area contributed by atoms with E-state index in [1.807, 2.05) is 55.5 Å². The molecule has 3 aromatic rings. The van der Waals surface area contributed by atoms with Crippen LogP contribution in [0.1, 0.15) is 42.3 Å². The number of carbonyl (C=O) groups excluding carboxylic acids is 1. The van der Waals surface area contributed by atoms with Gasteiger partial charge in [-0.05, 0) is 42.2 Å². The minimum atomic E-state index is -0.181. The maximum absolute atomic E-state index is 12.6. The molecule has 0 atom stereocenters. The third-order valence-corrected chi connectivity index (χ3v) is 4.32. The van der Waals surface area contributed by atoms with Crippen molar-refractivity contribution in [3.8, 4) is 0 Å². The van der Waals surface area contributed by atoms with Crippen LogP contribution in [0, 0.1) is 6.92 Å². The lowest BCUT2D eigenvalue weighted by Gasteiger charge is -2.23. The fourth-order valence-electron chi connectivity index (χ4n) is 2.87. The van der Waals surface area contributed by atoms with Gasteiger partial charge in [-0.1, -0.05) is 56.7 Å². The van der Waals surface area contributed by atoms with Crippen molar-refractivity contribution in [3.05, 3.63) is 83.7 Å². The van der Waals surface area contributed by atoms with Crippen molar-refractivity contribution >= 4 is 23.0 Å². The van der Waals surface area contributed by atoms with Crippen molar-refractivity contribution in [2.75, 3.05) is 10.6 Å². The summed E-state index contributed by atoms with van der Waals surface area (Å²) in [4.78, 5) is 16.8. The largest absolute Gasteiger partial charge is 0.354 e. The Hall–Kier alpha value is -3.14. The second-order valence-corrected chi connectivity index (χ2v) is 7.70. The highest BCUT2D eigenvalue weighted by atomic mass is 16.1. The molecule has 0 aliphatic carbocycles. The summed E-state index contributed by atoms with van der Waals surface area (Å²) >= 11 is 0. The number of amides is 1. The van der Waals surface area contributed by atoms with Gasteiger partial charge in [-0.15, -0.1) is 0 Å². The van der Waals surface area contributed by atoms with Crippen LogP contribution in [0.15, 0.2) is 67.0 Å². The first-order valence-electron chi connectivity index (χ1n) is 9.02. The number of rotatable bonds is 4. The van der Waals surface area contributed by atoms with Gasteiger partial charge in [-0.2, -0.15) is 0 Å². The van der Waals surface area contributed by atoms with Gasteiger partial charge in [0, 0.05) is 17.6 Å². The fourth-order valence-corrected chi connectivity index (χ4v) is 2.87. The summed E-state index contributed by atoms with van der Waals surface area (Å²) in [6, 6.07) is 17.7. The Bertz CT molecular complexity index is 940. The molecule has 1 amide bonds. The van der Waals surface area contributed by atoms with Crippen LogP contribution in [-0.4, -0.2) is 10.9 Å². The Morgan fingerprint density at radius 3 is 2.33 bits per heavy atom. The van der Waals surface area contributed by atoms with Crippen LogP contribution < -0.4 is 10.6 Å². The molecule has 3 rings (SSSR count). The van der Waals surface area contributed by atoms with Gasteiger partial charge in [0.05, 0.1) is 17.4 Å². The van der Waals surface area contributed by atoms with Crippen molar-refractivity contribution in [3.63, 3.8) is 0 Å². The molecule has 0 unspecified atom stereocenters. The number of pyridine rings is 1. The van der Waals surface area contributed by atoms with Crippen molar-refractivity contribution in [2.24, 2.45) is 0 Å². The predicted molar refractivity (Wildman–Crippen MR) is 112 cm³/mol. The number of nitrogens with zero attached hydrogens (tertiary/aromatic N) is 1. The second-order valence-electron chi connectivity index (χ2n) is 7.70. The number of nitrogens with one attached hydrogen (secondary N) is 2. The number of carbonyl (C=O) groups is 1. The van der Waals surface area contributed by atoms with E-state index in [4.69, 9.17) is 0 Å². The molecule has 0 saturated heterocycles. The number of hydrogen-bond donors (Lipinski definition) is 2. The van der Waals surface area contributed by atoms with Crippen molar-refractivity contribution in [1.82, 2.24) is 4.98 Å². The number of benzene rings is 2. The summed E-state index contributed by atoms with van der Waals surface area (Å²) in [6.45, 7) is 8.55. The molecule has 2 N–H and O–H groups in total. The van der Waals surface area contributed by atoms with Crippen LogP contribution in [0.5, 0.6) is 0 Å². The van der Waals surface area contributed by atoms with Gasteiger partial charge in [0.1, 0.15) is 0 Å². The predicted octanol–water partition coefficient (Wildman–Crippen LogP) is 5.68. The zero-order valence-corrected chi connectivity index (χ0v) is 16.2. The topological polar surface area (TPSA) is 54.0 Å². The Morgan fingerprint density at radius 2 is 1.63 bits per heavy atom. The molecule has 27 heavy (non-hydrogen) atoms. The van der Waals surface area contributed by atoms with Crippen LogP contribution in [0.3, 0.4) is 0 Å². The van der Waals surface area contributed by atoms with Crippen LogP contribution in [0.4, 0.5) is 17.1 Å². The fraction of sp³-hybridized carbons (Fsp3) is 0.217. The van der Waals surface area contributed by atoms with E-state index in [1.165, 1.54) is 5.56 Å². The average Bonchev–Trinajstić information content (AvgIpc) is 2.63. The highest BCUT2D eigenvalue weighted by Crippen LogP contribution is 2.31. The molecule has 0 fully saturated rings. The summed E-state index contributed by atoms with van der Waals surface area (Å²) in [5.74, 6) is -0.181.